The second-order valence-corrected chi connectivity index (χ2v) is 3.37. The van der Waals surface area contributed by atoms with Gasteiger partial charge in [0.15, 0.2) is 0 Å². The number of hydrogen-bond acceptors (Lipinski definition) is 2. The summed E-state index contributed by atoms with van der Waals surface area (Å²) in [6.45, 7) is 0. The van der Waals surface area contributed by atoms with Crippen LogP contribution >= 0.6 is 22.9 Å². The summed E-state index contributed by atoms with van der Waals surface area (Å²) in [5.41, 5.74) is 0. The molecule has 0 amide bonds. The minimum Gasteiger partial charge on any atom is -0.472 e. The molecule has 0 aliphatic rings. The van der Waals surface area contributed by atoms with Gasteiger partial charge in [0, 0.05) is 5.92 Å². The molecular weight excluding hydrogens is 184 g/mol. The first-order valence-electron chi connectivity index (χ1n) is 2.69. The molecule has 0 aliphatic carbocycles. The van der Waals surface area contributed by atoms with Crippen molar-refractivity contribution in [3.8, 4) is 11.8 Å². The van der Waals surface area contributed by atoms with Gasteiger partial charge in [-0.25, -0.2) is 4.79 Å². The van der Waals surface area contributed by atoms with Gasteiger partial charge in [-0.05, 0) is 18.1 Å². The molecule has 1 N–H and O–H groups in total. The predicted molar refractivity (Wildman–Crippen MR) is 43.8 cm³/mol. The van der Waals surface area contributed by atoms with Gasteiger partial charge in [0.2, 0.25) is 0 Å². The maximum absolute atomic E-state index is 9.98. The van der Waals surface area contributed by atoms with Gasteiger partial charge in [-0.3, -0.25) is 0 Å². The topological polar surface area (TPSA) is 37.3 Å². The van der Waals surface area contributed by atoms with Crippen LogP contribution in [0.4, 0.5) is 0 Å². The van der Waals surface area contributed by atoms with Crippen LogP contribution in [0, 0.1) is 11.8 Å². The molecule has 0 aromatic carbocycles. The summed E-state index contributed by atoms with van der Waals surface area (Å²) in [5.74, 6) is 3.31. The highest BCUT2D eigenvalue weighted by Crippen LogP contribution is 2.19. The lowest BCUT2D eigenvalue weighted by molar-refractivity contribution is -0.130. The molecule has 0 aliphatic heterocycles. The minimum absolute atomic E-state index is 0.611. The summed E-state index contributed by atoms with van der Waals surface area (Å²) in [6.07, 6.45) is 0. The summed E-state index contributed by atoms with van der Waals surface area (Å²) >= 11 is 6.84. The van der Waals surface area contributed by atoms with Gasteiger partial charge in [-0.15, -0.1) is 11.3 Å². The Kier molecular flexibility index (Phi) is 2.53. The molecule has 1 aromatic rings. The third-order valence-corrected chi connectivity index (χ3v) is 2.01. The van der Waals surface area contributed by atoms with Crippen LogP contribution in [0.5, 0.6) is 0 Å². The van der Waals surface area contributed by atoms with E-state index in [4.69, 9.17) is 16.7 Å². The van der Waals surface area contributed by atoms with Crippen LogP contribution in [0.25, 0.3) is 0 Å². The molecule has 0 radical (unpaired) electrons. The lowest BCUT2D eigenvalue weighted by Crippen LogP contribution is -1.85. The van der Waals surface area contributed by atoms with Crippen molar-refractivity contribution < 1.29 is 9.90 Å². The zero-order chi connectivity index (χ0) is 8.27. The number of halogens is 1. The molecule has 2 nitrogen and oxygen atoms in total. The zero-order valence-electron chi connectivity index (χ0n) is 5.30. The molecule has 11 heavy (non-hydrogen) atoms. The fraction of sp³-hybridized carbons (Fsp3) is 0. The largest absolute Gasteiger partial charge is 0.472 e. The highest BCUT2D eigenvalue weighted by atomic mass is 35.5. The van der Waals surface area contributed by atoms with Crippen LogP contribution in [0.3, 0.4) is 0 Å². The van der Waals surface area contributed by atoms with E-state index in [1.807, 2.05) is 5.92 Å². The summed E-state index contributed by atoms with van der Waals surface area (Å²) in [7, 11) is 0. The SMILES string of the molecule is O=C(O)C#Cc1ccc(Cl)s1. The highest BCUT2D eigenvalue weighted by molar-refractivity contribution is 7.16. The molecule has 0 atom stereocenters. The van der Waals surface area contributed by atoms with Crippen molar-refractivity contribution in [3.63, 3.8) is 0 Å². The van der Waals surface area contributed by atoms with Gasteiger partial charge in [0.05, 0.1) is 9.21 Å². The molecule has 1 aromatic heterocycles. The normalized spacial score (nSPS) is 8.45. The van der Waals surface area contributed by atoms with Gasteiger partial charge in [-0.2, -0.15) is 0 Å². The van der Waals surface area contributed by atoms with E-state index in [1.165, 1.54) is 11.3 Å². The zero-order valence-corrected chi connectivity index (χ0v) is 6.87. The standard InChI is InChI=1S/C7H3ClO2S/c8-6-3-1-5(11-6)2-4-7(9)10/h1,3H,(H,9,10). The average Bonchev–Trinajstić information content (AvgIpc) is 2.31. The third-order valence-electron chi connectivity index (χ3n) is 0.866. The van der Waals surface area contributed by atoms with E-state index in [2.05, 4.69) is 5.92 Å². The number of carboxylic acid groups (broad SMARTS) is 1. The second-order valence-electron chi connectivity index (χ2n) is 1.66. The number of carbonyl (C=O) groups is 1. The van der Waals surface area contributed by atoms with Gasteiger partial charge in [0.25, 0.3) is 0 Å². The van der Waals surface area contributed by atoms with E-state index in [1.54, 1.807) is 12.1 Å². The van der Waals surface area contributed by atoms with Crippen LogP contribution in [0.1, 0.15) is 4.88 Å². The van der Waals surface area contributed by atoms with Crippen LogP contribution in [-0.2, 0) is 4.79 Å². The fourth-order valence-corrected chi connectivity index (χ4v) is 1.39. The molecule has 0 unspecified atom stereocenters. The van der Waals surface area contributed by atoms with Gasteiger partial charge in [-0.1, -0.05) is 11.6 Å². The van der Waals surface area contributed by atoms with Crippen LogP contribution < -0.4 is 0 Å². The van der Waals surface area contributed by atoms with Crippen molar-refractivity contribution >= 4 is 28.9 Å². The second kappa shape index (κ2) is 3.42. The third kappa shape index (κ3) is 2.62. The quantitative estimate of drug-likeness (QED) is 0.628. The van der Waals surface area contributed by atoms with E-state index in [9.17, 15) is 4.79 Å². The summed E-state index contributed by atoms with van der Waals surface area (Å²) in [6, 6.07) is 3.36. The van der Waals surface area contributed by atoms with E-state index in [-0.39, 0.29) is 0 Å². The van der Waals surface area contributed by atoms with E-state index in [0.717, 1.165) is 0 Å². The monoisotopic (exact) mass is 186 g/mol. The first-order valence-corrected chi connectivity index (χ1v) is 3.88. The maximum Gasteiger partial charge on any atom is 0.382 e. The Balaban J connectivity index is 2.82. The molecule has 0 saturated heterocycles. The number of hydrogen-bond donors (Lipinski definition) is 1. The predicted octanol–water partition coefficient (Wildman–Crippen LogP) is 1.84. The van der Waals surface area contributed by atoms with Crippen molar-refractivity contribution in [1.29, 1.82) is 0 Å². The first-order chi connectivity index (χ1) is 5.18. The molecule has 56 valence electrons. The molecule has 1 rings (SSSR count). The summed E-state index contributed by atoms with van der Waals surface area (Å²) in [4.78, 5) is 10.6. The van der Waals surface area contributed by atoms with Gasteiger partial charge in [0.1, 0.15) is 0 Å². The lowest BCUT2D eigenvalue weighted by Gasteiger charge is -1.73. The summed E-state index contributed by atoms with van der Waals surface area (Å²) in [5, 5.41) is 8.18. The molecular formula is C7H3ClO2S. The lowest BCUT2D eigenvalue weighted by atomic mass is 10.4. The van der Waals surface area contributed by atoms with E-state index < -0.39 is 5.97 Å². The Labute approximate surface area is 72.4 Å². The van der Waals surface area contributed by atoms with Crippen LogP contribution in [0.15, 0.2) is 12.1 Å². The van der Waals surface area contributed by atoms with Crippen molar-refractivity contribution in [3.05, 3.63) is 21.3 Å². The van der Waals surface area contributed by atoms with Crippen molar-refractivity contribution in [2.45, 2.75) is 0 Å². The first kappa shape index (κ1) is 8.12. The molecule has 0 bridgehead atoms. The molecule has 0 fully saturated rings. The molecule has 1 heterocycles. The summed E-state index contributed by atoms with van der Waals surface area (Å²) < 4.78 is 0.611. The number of rotatable bonds is 0. The van der Waals surface area contributed by atoms with Gasteiger partial charge < -0.3 is 5.11 Å². The van der Waals surface area contributed by atoms with E-state index >= 15 is 0 Å². The van der Waals surface area contributed by atoms with Crippen LogP contribution in [0.2, 0.25) is 4.34 Å². The molecule has 0 spiro atoms. The molecule has 0 saturated carbocycles. The number of carboxylic acids is 1. The van der Waals surface area contributed by atoms with Gasteiger partial charge >= 0.3 is 5.97 Å². The average molecular weight is 187 g/mol. The van der Waals surface area contributed by atoms with Crippen LogP contribution in [-0.4, -0.2) is 11.1 Å². The number of thiophene rings is 1. The number of aliphatic carboxylic acids is 1. The Morgan fingerprint density at radius 2 is 2.36 bits per heavy atom. The van der Waals surface area contributed by atoms with E-state index in [0.29, 0.717) is 9.21 Å². The Morgan fingerprint density at radius 1 is 1.64 bits per heavy atom. The minimum atomic E-state index is -1.13. The smallest absolute Gasteiger partial charge is 0.382 e. The Bertz CT molecular complexity index is 332. The molecule has 4 heteroatoms. The van der Waals surface area contributed by atoms with Crippen molar-refractivity contribution in [2.24, 2.45) is 0 Å². The highest BCUT2D eigenvalue weighted by Gasteiger charge is 1.92. The van der Waals surface area contributed by atoms with Crippen molar-refractivity contribution in [2.75, 3.05) is 0 Å². The fourth-order valence-electron chi connectivity index (χ4n) is 0.497. The Hall–Kier alpha value is -0.980. The van der Waals surface area contributed by atoms with Crippen molar-refractivity contribution in [1.82, 2.24) is 0 Å². The Morgan fingerprint density at radius 3 is 2.82 bits per heavy atom. The maximum atomic E-state index is 9.98.